The Morgan fingerprint density at radius 3 is 2.82 bits per heavy atom. The second-order valence-corrected chi connectivity index (χ2v) is 6.35. The highest BCUT2D eigenvalue weighted by Crippen LogP contribution is 2.24. The van der Waals surface area contributed by atoms with E-state index in [9.17, 15) is 8.42 Å². The minimum Gasteiger partial charge on any atom is -0.379 e. The summed E-state index contributed by atoms with van der Waals surface area (Å²) < 4.78 is 29.1. The molecule has 1 fully saturated rings. The number of hydrogen-bond donors (Lipinski definition) is 1. The molecule has 0 aromatic heterocycles. The van der Waals surface area contributed by atoms with Crippen LogP contribution in [0, 0.1) is 0 Å². The van der Waals surface area contributed by atoms with Crippen LogP contribution in [0.3, 0.4) is 0 Å². The van der Waals surface area contributed by atoms with E-state index in [4.69, 9.17) is 4.74 Å². The molecule has 2 rings (SSSR count). The number of nitrogens with one attached hydrogen (secondary N) is 1. The molecule has 1 aliphatic rings. The summed E-state index contributed by atoms with van der Waals surface area (Å²) in [6.45, 7) is 3.03. The largest absolute Gasteiger partial charge is 0.379 e. The molecule has 5 heteroatoms. The molecule has 0 aliphatic carbocycles. The highest BCUT2D eigenvalue weighted by atomic mass is 32.2. The lowest BCUT2D eigenvalue weighted by Gasteiger charge is -2.15. The van der Waals surface area contributed by atoms with Gasteiger partial charge in [0.1, 0.15) is 0 Å². The second kappa shape index (κ2) is 5.06. The van der Waals surface area contributed by atoms with Crippen LogP contribution < -0.4 is 5.32 Å². The van der Waals surface area contributed by atoms with Crippen molar-refractivity contribution < 1.29 is 13.2 Å². The fourth-order valence-corrected chi connectivity index (χ4v) is 2.94. The van der Waals surface area contributed by atoms with Crippen molar-refractivity contribution >= 4 is 15.5 Å². The van der Waals surface area contributed by atoms with Crippen LogP contribution in [-0.2, 0) is 14.6 Å². The quantitative estimate of drug-likeness (QED) is 0.889. The third-order valence-electron chi connectivity index (χ3n) is 2.89. The van der Waals surface area contributed by atoms with E-state index in [2.05, 4.69) is 5.32 Å². The Morgan fingerprint density at radius 1 is 1.41 bits per heavy atom. The molecule has 1 aromatic rings. The minimum absolute atomic E-state index is 0.118. The number of rotatable bonds is 4. The molecule has 0 radical (unpaired) electrons. The molecule has 1 N–H and O–H groups in total. The molecule has 0 spiro atoms. The number of sulfone groups is 1. The highest BCUT2D eigenvalue weighted by molar-refractivity contribution is 7.91. The van der Waals surface area contributed by atoms with Gasteiger partial charge in [0.2, 0.25) is 0 Å². The van der Waals surface area contributed by atoms with E-state index in [1.54, 1.807) is 25.1 Å². The molecule has 0 amide bonds. The molecule has 94 valence electrons. The van der Waals surface area contributed by atoms with Gasteiger partial charge >= 0.3 is 0 Å². The summed E-state index contributed by atoms with van der Waals surface area (Å²) in [5.74, 6) is 0.118. The van der Waals surface area contributed by atoms with Gasteiger partial charge in [-0.15, -0.1) is 0 Å². The Balaban J connectivity index is 2.27. The van der Waals surface area contributed by atoms with Crippen LogP contribution in [0.1, 0.15) is 13.3 Å². The molecular weight excluding hydrogens is 238 g/mol. The molecule has 4 nitrogen and oxygen atoms in total. The van der Waals surface area contributed by atoms with Gasteiger partial charge in [-0.05, 0) is 18.6 Å². The minimum atomic E-state index is -3.17. The van der Waals surface area contributed by atoms with Crippen molar-refractivity contribution in [3.05, 3.63) is 24.3 Å². The number of anilines is 1. The van der Waals surface area contributed by atoms with E-state index in [0.29, 0.717) is 17.2 Å². The third kappa shape index (κ3) is 2.79. The van der Waals surface area contributed by atoms with Crippen LogP contribution in [0.4, 0.5) is 5.69 Å². The summed E-state index contributed by atoms with van der Waals surface area (Å²) in [4.78, 5) is 0.384. The monoisotopic (exact) mass is 255 g/mol. The smallest absolute Gasteiger partial charge is 0.180 e. The Hall–Kier alpha value is -1.07. The van der Waals surface area contributed by atoms with Crippen LogP contribution >= 0.6 is 0 Å². The molecule has 1 heterocycles. The zero-order valence-corrected chi connectivity index (χ0v) is 10.7. The van der Waals surface area contributed by atoms with Crippen molar-refractivity contribution in [3.8, 4) is 0 Å². The van der Waals surface area contributed by atoms with Crippen LogP contribution in [0.2, 0.25) is 0 Å². The summed E-state index contributed by atoms with van der Waals surface area (Å²) in [5, 5.41) is 3.25. The van der Waals surface area contributed by atoms with Gasteiger partial charge in [-0.3, -0.25) is 0 Å². The van der Waals surface area contributed by atoms with Gasteiger partial charge in [-0.25, -0.2) is 8.42 Å². The maximum atomic E-state index is 11.9. The molecule has 1 aliphatic heterocycles. The average molecular weight is 255 g/mol. The lowest BCUT2D eigenvalue weighted by molar-refractivity contribution is 0.195. The lowest BCUT2D eigenvalue weighted by Crippen LogP contribution is -2.20. The van der Waals surface area contributed by atoms with Crippen LogP contribution in [0.25, 0.3) is 0 Å². The van der Waals surface area contributed by atoms with Crippen LogP contribution in [0.15, 0.2) is 29.2 Å². The second-order valence-electron chi connectivity index (χ2n) is 4.10. The van der Waals surface area contributed by atoms with Crippen molar-refractivity contribution in [2.45, 2.75) is 24.3 Å². The molecular formula is C12H17NO3S. The first kappa shape index (κ1) is 12.4. The Labute approximate surface area is 102 Å². The van der Waals surface area contributed by atoms with E-state index in [-0.39, 0.29) is 11.8 Å². The summed E-state index contributed by atoms with van der Waals surface area (Å²) in [6, 6.07) is 7.26. The predicted octanol–water partition coefficient (Wildman–Crippen LogP) is 1.68. The summed E-state index contributed by atoms with van der Waals surface area (Å²) in [5.41, 5.74) is 0.685. The highest BCUT2D eigenvalue weighted by Gasteiger charge is 2.20. The standard InChI is InChI=1S/C12H17NO3S/c1-2-17(14,15)12-6-4-3-5-11(12)13-10-7-8-16-9-10/h3-6,10,13H,2,7-9H2,1H3. The maximum absolute atomic E-state index is 11.9. The number of hydrogen-bond acceptors (Lipinski definition) is 4. The van der Waals surface area contributed by atoms with E-state index in [0.717, 1.165) is 13.0 Å². The van der Waals surface area contributed by atoms with Crippen LogP contribution in [0.5, 0.6) is 0 Å². The van der Waals surface area contributed by atoms with Gasteiger partial charge in [0.25, 0.3) is 0 Å². The fourth-order valence-electron chi connectivity index (χ4n) is 1.88. The topological polar surface area (TPSA) is 55.4 Å². The van der Waals surface area contributed by atoms with Crippen molar-refractivity contribution in [1.29, 1.82) is 0 Å². The summed E-state index contributed by atoms with van der Waals surface area (Å²) in [6.07, 6.45) is 0.917. The molecule has 1 unspecified atom stereocenters. The van der Waals surface area contributed by atoms with Gasteiger partial charge < -0.3 is 10.1 Å². The summed E-state index contributed by atoms with van der Waals surface area (Å²) in [7, 11) is -3.17. The van der Waals surface area contributed by atoms with Crippen molar-refractivity contribution in [1.82, 2.24) is 0 Å². The Bertz CT molecular complexity index is 478. The molecule has 1 atom stereocenters. The van der Waals surface area contributed by atoms with Gasteiger partial charge in [0.15, 0.2) is 9.84 Å². The molecule has 17 heavy (non-hydrogen) atoms. The first-order valence-corrected chi connectivity index (χ1v) is 7.45. The lowest BCUT2D eigenvalue weighted by atomic mass is 10.2. The van der Waals surface area contributed by atoms with Gasteiger partial charge in [0, 0.05) is 6.61 Å². The molecule has 1 aromatic carbocycles. The first-order valence-electron chi connectivity index (χ1n) is 5.79. The zero-order chi connectivity index (χ0) is 12.3. The number of benzene rings is 1. The summed E-state index contributed by atoms with van der Waals surface area (Å²) >= 11 is 0. The van der Waals surface area contributed by atoms with E-state index >= 15 is 0 Å². The van der Waals surface area contributed by atoms with Crippen molar-refractivity contribution in [2.75, 3.05) is 24.3 Å². The van der Waals surface area contributed by atoms with E-state index in [1.165, 1.54) is 0 Å². The first-order chi connectivity index (χ1) is 8.13. The maximum Gasteiger partial charge on any atom is 0.180 e. The van der Waals surface area contributed by atoms with Gasteiger partial charge in [-0.2, -0.15) is 0 Å². The molecule has 1 saturated heterocycles. The van der Waals surface area contributed by atoms with Crippen molar-refractivity contribution in [2.24, 2.45) is 0 Å². The Morgan fingerprint density at radius 2 is 2.18 bits per heavy atom. The van der Waals surface area contributed by atoms with Crippen molar-refractivity contribution in [3.63, 3.8) is 0 Å². The molecule has 0 bridgehead atoms. The van der Waals surface area contributed by atoms with Gasteiger partial charge in [-0.1, -0.05) is 19.1 Å². The molecule has 0 saturated carbocycles. The predicted molar refractivity (Wildman–Crippen MR) is 67.0 cm³/mol. The Kier molecular flexibility index (Phi) is 3.69. The number of ether oxygens (including phenoxy) is 1. The van der Waals surface area contributed by atoms with E-state index in [1.807, 2.05) is 6.07 Å². The average Bonchev–Trinajstić information content (AvgIpc) is 2.82. The fraction of sp³-hybridized carbons (Fsp3) is 0.500. The third-order valence-corrected chi connectivity index (χ3v) is 4.68. The van der Waals surface area contributed by atoms with Crippen LogP contribution in [-0.4, -0.2) is 33.4 Å². The normalized spacial score (nSPS) is 20.4. The zero-order valence-electron chi connectivity index (χ0n) is 9.85. The SMILES string of the molecule is CCS(=O)(=O)c1ccccc1NC1CCOC1. The number of para-hydroxylation sites is 1. The van der Waals surface area contributed by atoms with E-state index < -0.39 is 9.84 Å². The van der Waals surface area contributed by atoms with Gasteiger partial charge in [0.05, 0.1) is 29.0 Å².